The van der Waals surface area contributed by atoms with Crippen molar-refractivity contribution < 1.29 is 17.9 Å². The van der Waals surface area contributed by atoms with Gasteiger partial charge in [-0.05, 0) is 66.1 Å². The number of rotatable bonds is 11. The maximum atomic E-state index is 13.6. The third kappa shape index (κ3) is 6.59. The minimum Gasteiger partial charge on any atom is -0.455 e. The molecule has 0 saturated heterocycles. The minimum atomic E-state index is -3.70. The molecule has 0 aliphatic rings. The van der Waals surface area contributed by atoms with Crippen LogP contribution in [0.3, 0.4) is 0 Å². The molecule has 0 unspecified atom stereocenters. The summed E-state index contributed by atoms with van der Waals surface area (Å²) in [4.78, 5) is 22.6. The zero-order chi connectivity index (χ0) is 31.6. The van der Waals surface area contributed by atoms with Crippen molar-refractivity contribution >= 4 is 43.5 Å². The van der Waals surface area contributed by atoms with E-state index in [2.05, 4.69) is 9.71 Å². The average molecular weight is 623 g/mol. The van der Waals surface area contributed by atoms with Crippen LogP contribution in [-0.4, -0.2) is 33.5 Å². The number of nitrogens with one attached hydrogen (secondary N) is 1. The monoisotopic (exact) mass is 622 g/mol. The summed E-state index contributed by atoms with van der Waals surface area (Å²) in [6.45, 7) is 4.59. The SMILES string of the molecule is CC(C)n1cncc1COC(=O)c1cc2ccc(CN)nc2n1Cc1cc(NS(=O)(=O)Cc2ccccc2)cc2ccccc12. The lowest BCUT2D eigenvalue weighted by Crippen LogP contribution is -2.16. The zero-order valence-electron chi connectivity index (χ0n) is 25.1. The number of carbonyl (C=O) groups is 1. The number of carbonyl (C=O) groups excluding carboxylic acids is 1. The smallest absolute Gasteiger partial charge is 0.355 e. The van der Waals surface area contributed by atoms with Crippen LogP contribution in [0, 0.1) is 0 Å². The van der Waals surface area contributed by atoms with Crippen LogP contribution in [0.5, 0.6) is 0 Å². The number of fused-ring (bicyclic) bond motifs is 2. The molecule has 230 valence electrons. The molecule has 0 amide bonds. The Kier molecular flexibility index (Phi) is 8.38. The molecule has 3 heterocycles. The predicted molar refractivity (Wildman–Crippen MR) is 175 cm³/mol. The third-order valence-corrected chi connectivity index (χ3v) is 8.88. The third-order valence-electron chi connectivity index (χ3n) is 7.62. The highest BCUT2D eigenvalue weighted by molar-refractivity contribution is 7.91. The Labute approximate surface area is 261 Å². The predicted octanol–water partition coefficient (Wildman–Crippen LogP) is 5.77. The molecule has 11 heteroatoms. The van der Waals surface area contributed by atoms with Crippen LogP contribution in [0.2, 0.25) is 0 Å². The van der Waals surface area contributed by atoms with Gasteiger partial charge in [0.2, 0.25) is 10.0 Å². The summed E-state index contributed by atoms with van der Waals surface area (Å²) in [5, 5.41) is 2.53. The van der Waals surface area contributed by atoms with Gasteiger partial charge in [-0.2, -0.15) is 0 Å². The van der Waals surface area contributed by atoms with Crippen molar-refractivity contribution in [3.8, 4) is 0 Å². The van der Waals surface area contributed by atoms with E-state index in [-0.39, 0.29) is 31.5 Å². The first-order chi connectivity index (χ1) is 21.7. The summed E-state index contributed by atoms with van der Waals surface area (Å²) >= 11 is 0. The lowest BCUT2D eigenvalue weighted by atomic mass is 10.0. The molecule has 6 rings (SSSR count). The number of aromatic nitrogens is 4. The summed E-state index contributed by atoms with van der Waals surface area (Å²) < 4.78 is 38.6. The molecule has 3 aromatic heterocycles. The zero-order valence-corrected chi connectivity index (χ0v) is 25.9. The number of anilines is 1. The van der Waals surface area contributed by atoms with Crippen LogP contribution >= 0.6 is 0 Å². The summed E-state index contributed by atoms with van der Waals surface area (Å²) in [6, 6.07) is 26.0. The Balaban J connectivity index is 1.38. The van der Waals surface area contributed by atoms with E-state index in [1.807, 2.05) is 79.1 Å². The second-order valence-corrected chi connectivity index (χ2v) is 12.9. The number of ether oxygens (including phenoxy) is 1. The highest BCUT2D eigenvalue weighted by Gasteiger charge is 2.21. The highest BCUT2D eigenvalue weighted by Crippen LogP contribution is 2.29. The van der Waals surface area contributed by atoms with Crippen LogP contribution in [0.25, 0.3) is 21.8 Å². The molecule has 0 fully saturated rings. The first kappa shape index (κ1) is 30.0. The molecule has 3 aromatic carbocycles. The van der Waals surface area contributed by atoms with E-state index < -0.39 is 16.0 Å². The van der Waals surface area contributed by atoms with Gasteiger partial charge >= 0.3 is 5.97 Å². The summed E-state index contributed by atoms with van der Waals surface area (Å²) in [5.41, 5.74) is 10.2. The Morgan fingerprint density at radius 2 is 1.76 bits per heavy atom. The van der Waals surface area contributed by atoms with E-state index in [9.17, 15) is 13.2 Å². The second kappa shape index (κ2) is 12.5. The molecular weight excluding hydrogens is 588 g/mol. The Morgan fingerprint density at radius 1 is 0.978 bits per heavy atom. The van der Waals surface area contributed by atoms with Crippen molar-refractivity contribution in [1.82, 2.24) is 19.1 Å². The summed E-state index contributed by atoms with van der Waals surface area (Å²) in [5.74, 6) is -0.668. The molecule has 10 nitrogen and oxygen atoms in total. The van der Waals surface area contributed by atoms with Gasteiger partial charge in [0, 0.05) is 23.7 Å². The second-order valence-electron chi connectivity index (χ2n) is 11.2. The lowest BCUT2D eigenvalue weighted by molar-refractivity contribution is 0.0450. The van der Waals surface area contributed by atoms with Crippen molar-refractivity contribution in [3.63, 3.8) is 0 Å². The molecule has 3 N–H and O–H groups in total. The quantitative estimate of drug-likeness (QED) is 0.175. The van der Waals surface area contributed by atoms with Gasteiger partial charge in [-0.3, -0.25) is 4.72 Å². The Morgan fingerprint density at radius 3 is 2.53 bits per heavy atom. The molecule has 0 atom stereocenters. The molecule has 45 heavy (non-hydrogen) atoms. The number of imidazole rings is 1. The molecule has 0 aliphatic heterocycles. The molecule has 0 aliphatic carbocycles. The number of pyridine rings is 1. The highest BCUT2D eigenvalue weighted by atomic mass is 32.2. The fourth-order valence-corrected chi connectivity index (χ4v) is 6.67. The Hall–Kier alpha value is -5.00. The normalized spacial score (nSPS) is 11.8. The van der Waals surface area contributed by atoms with Gasteiger partial charge in [-0.1, -0.05) is 54.6 Å². The van der Waals surface area contributed by atoms with E-state index in [1.54, 1.807) is 41.4 Å². The standard InChI is InChI=1S/C34H34N6O4S/c1-23(2)40-22-36-18-30(40)20-44-34(41)32-16-26-12-13-28(17-35)37-33(26)39(32)19-27-15-29(14-25-10-6-7-11-31(25)27)38-45(42,43)21-24-8-4-3-5-9-24/h3-16,18,22-23,38H,17,19-21,35H2,1-2H3. The van der Waals surface area contributed by atoms with E-state index in [4.69, 9.17) is 15.5 Å². The first-order valence-corrected chi connectivity index (χ1v) is 16.3. The molecule has 0 bridgehead atoms. The first-order valence-electron chi connectivity index (χ1n) is 14.6. The fraction of sp³-hybridized carbons (Fsp3) is 0.206. The molecular formula is C34H34N6O4S. The van der Waals surface area contributed by atoms with E-state index in [0.717, 1.165) is 27.4 Å². The average Bonchev–Trinajstić information content (AvgIpc) is 3.64. The topological polar surface area (TPSA) is 134 Å². The van der Waals surface area contributed by atoms with Crippen molar-refractivity contribution in [2.75, 3.05) is 4.72 Å². The summed E-state index contributed by atoms with van der Waals surface area (Å²) in [6.07, 6.45) is 3.41. The van der Waals surface area contributed by atoms with Crippen LogP contribution in [0.1, 0.15) is 52.9 Å². The maximum absolute atomic E-state index is 13.6. The number of esters is 1. The molecule has 6 aromatic rings. The van der Waals surface area contributed by atoms with Crippen LogP contribution in [-0.2, 0) is 40.2 Å². The van der Waals surface area contributed by atoms with Gasteiger partial charge in [0.05, 0.1) is 36.2 Å². The van der Waals surface area contributed by atoms with E-state index in [1.165, 1.54) is 0 Å². The van der Waals surface area contributed by atoms with Gasteiger partial charge in [-0.15, -0.1) is 0 Å². The molecule has 0 saturated carbocycles. The van der Waals surface area contributed by atoms with Gasteiger partial charge in [0.25, 0.3) is 0 Å². The fourth-order valence-electron chi connectivity index (χ4n) is 5.49. The van der Waals surface area contributed by atoms with Gasteiger partial charge in [0.1, 0.15) is 17.9 Å². The van der Waals surface area contributed by atoms with Crippen molar-refractivity contribution in [2.45, 2.75) is 45.3 Å². The van der Waals surface area contributed by atoms with Gasteiger partial charge in [-0.25, -0.2) is 23.2 Å². The number of nitrogens with zero attached hydrogens (tertiary/aromatic N) is 4. The molecule has 0 radical (unpaired) electrons. The minimum absolute atomic E-state index is 0.0572. The number of sulfonamides is 1. The van der Waals surface area contributed by atoms with Gasteiger partial charge in [0.15, 0.2) is 0 Å². The van der Waals surface area contributed by atoms with Crippen LogP contribution < -0.4 is 10.5 Å². The number of hydrogen-bond acceptors (Lipinski definition) is 7. The Bertz CT molecular complexity index is 2100. The van der Waals surface area contributed by atoms with Crippen molar-refractivity contribution in [1.29, 1.82) is 0 Å². The van der Waals surface area contributed by atoms with Crippen molar-refractivity contribution in [2.24, 2.45) is 5.73 Å². The van der Waals surface area contributed by atoms with Crippen LogP contribution in [0.15, 0.2) is 97.5 Å². The van der Waals surface area contributed by atoms with Gasteiger partial charge < -0.3 is 19.6 Å². The largest absolute Gasteiger partial charge is 0.455 e. The van der Waals surface area contributed by atoms with E-state index in [0.29, 0.717) is 28.3 Å². The van der Waals surface area contributed by atoms with Crippen LogP contribution in [0.4, 0.5) is 5.69 Å². The maximum Gasteiger partial charge on any atom is 0.355 e. The number of hydrogen-bond donors (Lipinski definition) is 2. The van der Waals surface area contributed by atoms with E-state index >= 15 is 0 Å². The lowest BCUT2D eigenvalue weighted by Gasteiger charge is -2.16. The number of nitrogens with two attached hydrogens (primary N) is 1. The number of benzene rings is 3. The molecule has 0 spiro atoms. The van der Waals surface area contributed by atoms with Crippen molar-refractivity contribution in [3.05, 3.63) is 126 Å². The summed E-state index contributed by atoms with van der Waals surface area (Å²) in [7, 11) is -3.70.